The van der Waals surface area contributed by atoms with E-state index in [9.17, 15) is 0 Å². The van der Waals surface area contributed by atoms with Crippen molar-refractivity contribution in [2.24, 2.45) is 0 Å². The normalized spacial score (nSPS) is 10.0. The molecule has 21 heavy (non-hydrogen) atoms. The molecule has 0 spiro atoms. The SMILES string of the molecule is N#Cc1ccc(Nc2nc3ccc(Cl)cc3s2)cc1C#N. The number of hydrogen-bond donors (Lipinski definition) is 1. The van der Waals surface area contributed by atoms with Gasteiger partial charge in [-0.3, -0.25) is 0 Å². The Hall–Kier alpha value is -2.60. The Morgan fingerprint density at radius 3 is 2.62 bits per heavy atom. The third kappa shape index (κ3) is 2.66. The largest absolute Gasteiger partial charge is 0.331 e. The Kier molecular flexibility index (Phi) is 3.45. The van der Waals surface area contributed by atoms with Gasteiger partial charge in [-0.25, -0.2) is 4.98 Å². The van der Waals surface area contributed by atoms with E-state index in [4.69, 9.17) is 22.1 Å². The van der Waals surface area contributed by atoms with Crippen molar-refractivity contribution in [2.45, 2.75) is 0 Å². The van der Waals surface area contributed by atoms with Crippen molar-refractivity contribution in [3.05, 3.63) is 52.5 Å². The molecule has 100 valence electrons. The average Bonchev–Trinajstić information content (AvgIpc) is 2.88. The van der Waals surface area contributed by atoms with Crippen molar-refractivity contribution in [2.75, 3.05) is 5.32 Å². The standard InChI is InChI=1S/C15H7ClN4S/c16-11-2-4-13-14(6-11)21-15(20-13)19-12-3-1-9(7-17)10(5-12)8-18/h1-6H,(H,19,20). The van der Waals surface area contributed by atoms with Gasteiger partial charge in [-0.05, 0) is 36.4 Å². The lowest BCUT2D eigenvalue weighted by atomic mass is 10.1. The van der Waals surface area contributed by atoms with Crippen molar-refractivity contribution in [3.63, 3.8) is 0 Å². The summed E-state index contributed by atoms with van der Waals surface area (Å²) in [5.74, 6) is 0. The van der Waals surface area contributed by atoms with Gasteiger partial charge in [-0.15, -0.1) is 0 Å². The van der Waals surface area contributed by atoms with Gasteiger partial charge in [0.15, 0.2) is 5.13 Å². The molecule has 4 nitrogen and oxygen atoms in total. The number of aromatic nitrogens is 1. The molecule has 0 amide bonds. The van der Waals surface area contributed by atoms with Crippen LogP contribution < -0.4 is 5.32 Å². The fourth-order valence-electron chi connectivity index (χ4n) is 1.89. The molecule has 0 atom stereocenters. The number of nitrogens with one attached hydrogen (secondary N) is 1. The third-order valence-corrected chi connectivity index (χ3v) is 4.03. The van der Waals surface area contributed by atoms with E-state index in [1.165, 1.54) is 11.3 Å². The summed E-state index contributed by atoms with van der Waals surface area (Å²) in [7, 11) is 0. The molecule has 1 aromatic heterocycles. The van der Waals surface area contributed by atoms with E-state index >= 15 is 0 Å². The Balaban J connectivity index is 1.95. The fraction of sp³-hybridized carbons (Fsp3) is 0. The maximum atomic E-state index is 9.03. The molecular weight excluding hydrogens is 304 g/mol. The summed E-state index contributed by atoms with van der Waals surface area (Å²) >= 11 is 7.43. The van der Waals surface area contributed by atoms with Crippen LogP contribution in [-0.2, 0) is 0 Å². The second-order valence-electron chi connectivity index (χ2n) is 4.24. The smallest absolute Gasteiger partial charge is 0.188 e. The number of benzene rings is 2. The molecular formula is C15H7ClN4S. The van der Waals surface area contributed by atoms with Crippen LogP contribution in [0, 0.1) is 22.7 Å². The maximum Gasteiger partial charge on any atom is 0.188 e. The minimum absolute atomic E-state index is 0.339. The van der Waals surface area contributed by atoms with Crippen molar-refractivity contribution >= 4 is 44.0 Å². The van der Waals surface area contributed by atoms with E-state index in [0.29, 0.717) is 21.3 Å². The number of nitriles is 2. The van der Waals surface area contributed by atoms with E-state index in [0.717, 1.165) is 15.9 Å². The van der Waals surface area contributed by atoms with Gasteiger partial charge >= 0.3 is 0 Å². The second-order valence-corrected chi connectivity index (χ2v) is 5.71. The van der Waals surface area contributed by atoms with Crippen molar-refractivity contribution in [1.29, 1.82) is 10.5 Å². The Labute approximate surface area is 129 Å². The minimum Gasteiger partial charge on any atom is -0.331 e. The van der Waals surface area contributed by atoms with Gasteiger partial charge in [0, 0.05) is 10.7 Å². The van der Waals surface area contributed by atoms with Crippen LogP contribution in [0.2, 0.25) is 5.02 Å². The van der Waals surface area contributed by atoms with Crippen LogP contribution >= 0.6 is 22.9 Å². The van der Waals surface area contributed by atoms with Gasteiger partial charge in [0.1, 0.15) is 12.1 Å². The lowest BCUT2D eigenvalue weighted by Crippen LogP contribution is -1.91. The number of rotatable bonds is 2. The quantitative estimate of drug-likeness (QED) is 0.759. The number of hydrogen-bond acceptors (Lipinski definition) is 5. The Morgan fingerprint density at radius 1 is 1.05 bits per heavy atom. The third-order valence-electron chi connectivity index (χ3n) is 2.86. The molecule has 0 aliphatic rings. The van der Waals surface area contributed by atoms with Gasteiger partial charge in [-0.1, -0.05) is 22.9 Å². The predicted octanol–water partition coefficient (Wildman–Crippen LogP) is 4.44. The van der Waals surface area contributed by atoms with E-state index in [-0.39, 0.29) is 0 Å². The highest BCUT2D eigenvalue weighted by molar-refractivity contribution is 7.22. The maximum absolute atomic E-state index is 9.03. The molecule has 3 aromatic rings. The highest BCUT2D eigenvalue weighted by atomic mass is 35.5. The van der Waals surface area contributed by atoms with E-state index < -0.39 is 0 Å². The first kappa shape index (κ1) is 13.4. The summed E-state index contributed by atoms with van der Waals surface area (Å²) in [5.41, 5.74) is 2.28. The predicted molar refractivity (Wildman–Crippen MR) is 83.8 cm³/mol. The van der Waals surface area contributed by atoms with Crippen molar-refractivity contribution in [1.82, 2.24) is 4.98 Å². The van der Waals surface area contributed by atoms with E-state index in [1.54, 1.807) is 24.3 Å². The Morgan fingerprint density at radius 2 is 1.86 bits per heavy atom. The lowest BCUT2D eigenvalue weighted by molar-refractivity contribution is 1.41. The summed E-state index contributed by atoms with van der Waals surface area (Å²) in [6.45, 7) is 0. The molecule has 0 radical (unpaired) electrons. The van der Waals surface area contributed by atoms with Gasteiger partial charge in [0.25, 0.3) is 0 Å². The van der Waals surface area contributed by atoms with Crippen LogP contribution in [-0.4, -0.2) is 4.98 Å². The van der Waals surface area contributed by atoms with Crippen LogP contribution in [0.3, 0.4) is 0 Å². The molecule has 0 fully saturated rings. The highest BCUT2D eigenvalue weighted by Gasteiger charge is 2.07. The molecule has 1 N–H and O–H groups in total. The average molecular weight is 311 g/mol. The lowest BCUT2D eigenvalue weighted by Gasteiger charge is -2.03. The second kappa shape index (κ2) is 5.41. The first-order chi connectivity index (χ1) is 10.2. The monoisotopic (exact) mass is 310 g/mol. The summed E-state index contributed by atoms with van der Waals surface area (Å²) in [6, 6.07) is 14.5. The molecule has 2 aromatic carbocycles. The van der Waals surface area contributed by atoms with Crippen LogP contribution in [0.25, 0.3) is 10.2 Å². The van der Waals surface area contributed by atoms with Crippen LogP contribution in [0.1, 0.15) is 11.1 Å². The summed E-state index contributed by atoms with van der Waals surface area (Å²) < 4.78 is 0.985. The van der Waals surface area contributed by atoms with Gasteiger partial charge in [0.2, 0.25) is 0 Å². The zero-order chi connectivity index (χ0) is 14.8. The fourth-order valence-corrected chi connectivity index (χ4v) is 3.05. The van der Waals surface area contributed by atoms with E-state index in [1.807, 2.05) is 24.3 Å². The first-order valence-electron chi connectivity index (χ1n) is 5.97. The molecule has 6 heteroatoms. The number of anilines is 2. The highest BCUT2D eigenvalue weighted by Crippen LogP contribution is 2.30. The molecule has 0 aliphatic carbocycles. The molecule has 1 heterocycles. The molecule has 3 rings (SSSR count). The molecule has 0 unspecified atom stereocenters. The summed E-state index contributed by atoms with van der Waals surface area (Å²) in [4.78, 5) is 4.45. The zero-order valence-electron chi connectivity index (χ0n) is 10.6. The van der Waals surface area contributed by atoms with Crippen LogP contribution in [0.5, 0.6) is 0 Å². The van der Waals surface area contributed by atoms with Gasteiger partial charge in [0.05, 0.1) is 21.3 Å². The number of thiazole rings is 1. The molecule has 0 saturated heterocycles. The van der Waals surface area contributed by atoms with Crippen LogP contribution in [0.15, 0.2) is 36.4 Å². The zero-order valence-corrected chi connectivity index (χ0v) is 12.2. The number of nitrogens with zero attached hydrogens (tertiary/aromatic N) is 3. The first-order valence-corrected chi connectivity index (χ1v) is 7.16. The number of halogens is 1. The van der Waals surface area contributed by atoms with Gasteiger partial charge in [-0.2, -0.15) is 10.5 Å². The summed E-state index contributed by atoms with van der Waals surface area (Å²) in [6.07, 6.45) is 0. The Bertz CT molecular complexity index is 918. The molecule has 0 bridgehead atoms. The van der Waals surface area contributed by atoms with Crippen molar-refractivity contribution in [3.8, 4) is 12.1 Å². The summed E-state index contributed by atoms with van der Waals surface area (Å²) in [5, 5.41) is 22.5. The van der Waals surface area contributed by atoms with Crippen LogP contribution in [0.4, 0.5) is 10.8 Å². The molecule has 0 saturated carbocycles. The van der Waals surface area contributed by atoms with Crippen molar-refractivity contribution < 1.29 is 0 Å². The molecule has 0 aliphatic heterocycles. The number of fused-ring (bicyclic) bond motifs is 1. The van der Waals surface area contributed by atoms with Gasteiger partial charge < -0.3 is 5.32 Å². The van der Waals surface area contributed by atoms with E-state index in [2.05, 4.69) is 10.3 Å². The topological polar surface area (TPSA) is 72.5 Å². The minimum atomic E-state index is 0.339.